The number of rotatable bonds is 16. The Labute approximate surface area is 363 Å². The van der Waals surface area contributed by atoms with Crippen LogP contribution in [-0.2, 0) is 35.8 Å². The number of carbonyl (C=O) groups is 3. The summed E-state index contributed by atoms with van der Waals surface area (Å²) < 4.78 is 7.62. The number of fused-ring (bicyclic) bond motifs is 2. The molecule has 330 valence electrons. The summed E-state index contributed by atoms with van der Waals surface area (Å²) in [5.74, 6) is 1.26. The van der Waals surface area contributed by atoms with E-state index in [1.807, 2.05) is 151 Å². The second-order valence-electron chi connectivity index (χ2n) is 17.7. The zero-order valence-electron chi connectivity index (χ0n) is 38.2. The van der Waals surface area contributed by atoms with E-state index in [-0.39, 0.29) is 41.9 Å². The minimum atomic E-state index is -0.377. The first-order valence-corrected chi connectivity index (χ1v) is 21.1. The first-order valence-electron chi connectivity index (χ1n) is 21.1. The van der Waals surface area contributed by atoms with Crippen LogP contribution >= 0.6 is 0 Å². The standard InChI is InChI=1S/C45H62N14O3/c1-13-58-35(25-29(3)52-58)41(62)49-43-48-40-32(55(12)28-38(61)51-45(8,9)10)20-18-22-34(40)57(43)24-16-15-23-56-33-21-17-19-31(54(11)27-37(60)50-44(5,6)7)39(33)47-42(56)46-36-26-30(4)53-59(36)14-2/h15-22,25-26H,13-14,23-24,27-28H2,1-12H3,(H,46,47)(H,50,60)(H,51,61)(H,48,49,62)/b16-15+. The number of hydrogen-bond acceptors (Lipinski definition) is 10. The van der Waals surface area contributed by atoms with E-state index in [2.05, 4.69) is 42.1 Å². The maximum atomic E-state index is 13.8. The Morgan fingerprint density at radius 2 is 1.15 bits per heavy atom. The molecule has 0 unspecified atom stereocenters. The molecule has 4 heterocycles. The molecule has 0 spiro atoms. The van der Waals surface area contributed by atoms with Crippen LogP contribution in [0.2, 0.25) is 0 Å². The van der Waals surface area contributed by atoms with Crippen LogP contribution in [0.1, 0.15) is 77.3 Å². The first kappa shape index (κ1) is 44.9. The molecule has 0 radical (unpaired) electrons. The van der Waals surface area contributed by atoms with Gasteiger partial charge in [0, 0.05) is 57.4 Å². The molecule has 0 atom stereocenters. The molecule has 0 aliphatic rings. The number of imidazole rings is 2. The third-order valence-electron chi connectivity index (χ3n) is 9.97. The lowest BCUT2D eigenvalue weighted by atomic mass is 10.1. The predicted molar refractivity (Wildman–Crippen MR) is 247 cm³/mol. The smallest absolute Gasteiger partial charge is 0.276 e. The molecule has 6 rings (SSSR count). The van der Waals surface area contributed by atoms with Gasteiger partial charge in [-0.25, -0.2) is 14.6 Å². The summed E-state index contributed by atoms with van der Waals surface area (Å²) >= 11 is 0. The van der Waals surface area contributed by atoms with Crippen molar-refractivity contribution in [3.8, 4) is 0 Å². The van der Waals surface area contributed by atoms with Crippen LogP contribution in [0.15, 0.2) is 60.7 Å². The van der Waals surface area contributed by atoms with Crippen molar-refractivity contribution in [3.05, 3.63) is 77.8 Å². The average Bonchev–Trinajstić information content (AvgIpc) is 3.93. The van der Waals surface area contributed by atoms with Crippen molar-refractivity contribution in [1.82, 2.24) is 49.3 Å². The summed E-state index contributed by atoms with van der Waals surface area (Å²) in [4.78, 5) is 53.7. The first-order chi connectivity index (χ1) is 29.2. The molecule has 0 aliphatic carbocycles. The second-order valence-corrected chi connectivity index (χ2v) is 17.7. The zero-order chi connectivity index (χ0) is 45.1. The lowest BCUT2D eigenvalue weighted by Gasteiger charge is -2.24. The van der Waals surface area contributed by atoms with Crippen LogP contribution in [0, 0.1) is 13.8 Å². The second kappa shape index (κ2) is 18.1. The monoisotopic (exact) mass is 847 g/mol. The predicted octanol–water partition coefficient (Wildman–Crippen LogP) is 6.39. The van der Waals surface area contributed by atoms with Crippen LogP contribution < -0.4 is 31.1 Å². The normalized spacial score (nSPS) is 12.1. The summed E-state index contributed by atoms with van der Waals surface area (Å²) in [5.41, 5.74) is 5.94. The summed E-state index contributed by atoms with van der Waals surface area (Å²) in [6.45, 7) is 21.8. The van der Waals surface area contributed by atoms with Crippen molar-refractivity contribution >= 4 is 68.9 Å². The fourth-order valence-electron chi connectivity index (χ4n) is 7.45. The number of likely N-dealkylation sites (N-methyl/N-ethyl adjacent to an activating group) is 2. The van der Waals surface area contributed by atoms with E-state index in [4.69, 9.17) is 9.97 Å². The number of aromatic nitrogens is 8. The average molecular weight is 847 g/mol. The molecule has 4 N–H and O–H groups in total. The van der Waals surface area contributed by atoms with Gasteiger partial charge < -0.3 is 34.9 Å². The molecule has 17 nitrogen and oxygen atoms in total. The number of nitrogens with zero attached hydrogens (tertiary/aromatic N) is 10. The molecule has 0 fully saturated rings. The van der Waals surface area contributed by atoms with Gasteiger partial charge in [0.2, 0.25) is 23.7 Å². The third kappa shape index (κ3) is 10.4. The van der Waals surface area contributed by atoms with Crippen molar-refractivity contribution in [2.45, 2.75) is 106 Å². The van der Waals surface area contributed by atoms with E-state index in [1.165, 1.54) is 0 Å². The summed E-state index contributed by atoms with van der Waals surface area (Å²) in [7, 11) is 3.75. The van der Waals surface area contributed by atoms with Gasteiger partial charge in [-0.1, -0.05) is 24.3 Å². The van der Waals surface area contributed by atoms with Gasteiger partial charge in [0.1, 0.15) is 22.5 Å². The van der Waals surface area contributed by atoms with Gasteiger partial charge in [-0.15, -0.1) is 0 Å². The largest absolute Gasteiger partial charge is 0.363 e. The van der Waals surface area contributed by atoms with E-state index >= 15 is 0 Å². The Bertz CT molecular complexity index is 2610. The van der Waals surface area contributed by atoms with Crippen molar-refractivity contribution in [2.24, 2.45) is 0 Å². The molecule has 2 aromatic carbocycles. The van der Waals surface area contributed by atoms with Gasteiger partial charge in [-0.05, 0) is 99.6 Å². The van der Waals surface area contributed by atoms with Gasteiger partial charge in [-0.2, -0.15) is 10.2 Å². The maximum Gasteiger partial charge on any atom is 0.276 e. The van der Waals surface area contributed by atoms with Gasteiger partial charge >= 0.3 is 0 Å². The number of benzene rings is 2. The van der Waals surface area contributed by atoms with E-state index in [1.54, 1.807) is 10.7 Å². The van der Waals surface area contributed by atoms with Crippen molar-refractivity contribution in [3.63, 3.8) is 0 Å². The Kier molecular flexibility index (Phi) is 13.1. The fourth-order valence-corrected chi connectivity index (χ4v) is 7.45. The molecule has 4 aromatic heterocycles. The van der Waals surface area contributed by atoms with Crippen LogP contribution in [0.4, 0.5) is 29.1 Å². The molecular formula is C45H62N14O3. The third-order valence-corrected chi connectivity index (χ3v) is 9.97. The van der Waals surface area contributed by atoms with E-state index < -0.39 is 0 Å². The highest BCUT2D eigenvalue weighted by molar-refractivity contribution is 6.04. The summed E-state index contributed by atoms with van der Waals surface area (Å²) in [6.07, 6.45) is 4.09. The lowest BCUT2D eigenvalue weighted by molar-refractivity contribution is -0.122. The summed E-state index contributed by atoms with van der Waals surface area (Å²) in [5, 5.41) is 21.8. The number of para-hydroxylation sites is 2. The minimum Gasteiger partial charge on any atom is -0.363 e. The van der Waals surface area contributed by atoms with Gasteiger partial charge in [-0.3, -0.25) is 24.4 Å². The number of nitrogens with one attached hydrogen (secondary N) is 4. The number of allylic oxidation sites excluding steroid dienone is 2. The molecule has 0 aliphatic heterocycles. The number of amides is 3. The quantitative estimate of drug-likeness (QED) is 0.0799. The number of hydrogen-bond donors (Lipinski definition) is 4. The van der Waals surface area contributed by atoms with Crippen LogP contribution in [0.3, 0.4) is 0 Å². The van der Waals surface area contributed by atoms with Crippen LogP contribution in [0.25, 0.3) is 22.1 Å². The molecular weight excluding hydrogens is 785 g/mol. The van der Waals surface area contributed by atoms with Crippen LogP contribution in [-0.4, -0.2) is 94.6 Å². The van der Waals surface area contributed by atoms with E-state index in [0.29, 0.717) is 49.3 Å². The lowest BCUT2D eigenvalue weighted by Crippen LogP contribution is -2.45. The molecule has 3 amide bonds. The Balaban J connectivity index is 1.36. The van der Waals surface area contributed by atoms with Crippen LogP contribution in [0.5, 0.6) is 0 Å². The Morgan fingerprint density at radius 1 is 0.677 bits per heavy atom. The van der Waals surface area contributed by atoms with Gasteiger partial charge in [0.05, 0.1) is 46.9 Å². The van der Waals surface area contributed by atoms with Gasteiger partial charge in [0.25, 0.3) is 5.91 Å². The zero-order valence-corrected chi connectivity index (χ0v) is 38.2. The summed E-state index contributed by atoms with van der Waals surface area (Å²) in [6, 6.07) is 15.5. The molecule has 17 heteroatoms. The highest BCUT2D eigenvalue weighted by Crippen LogP contribution is 2.32. The number of aryl methyl sites for hydroxylation is 4. The minimum absolute atomic E-state index is 0.0847. The molecule has 0 saturated carbocycles. The highest BCUT2D eigenvalue weighted by Gasteiger charge is 2.23. The number of carbonyl (C=O) groups excluding carboxylic acids is 3. The van der Waals surface area contributed by atoms with Crippen molar-refractivity contribution in [2.75, 3.05) is 47.6 Å². The maximum absolute atomic E-state index is 13.8. The Morgan fingerprint density at radius 3 is 1.65 bits per heavy atom. The number of anilines is 5. The van der Waals surface area contributed by atoms with Crippen molar-refractivity contribution in [1.29, 1.82) is 0 Å². The highest BCUT2D eigenvalue weighted by atomic mass is 16.2. The molecule has 62 heavy (non-hydrogen) atoms. The Hall–Kier alpha value is -6.65. The van der Waals surface area contributed by atoms with E-state index in [9.17, 15) is 14.4 Å². The van der Waals surface area contributed by atoms with Gasteiger partial charge in [0.15, 0.2) is 0 Å². The SMILES string of the molecule is CCn1nc(C)cc1Nc1nc2c(N(C)CC(=O)NC(C)(C)C)cccc2n1C/C=C/Cn1c(NC(=O)c2cc(C)nn2CC)nc2c(N(C)CC(=O)NC(C)(C)C)cccc21. The van der Waals surface area contributed by atoms with Crippen molar-refractivity contribution < 1.29 is 14.4 Å². The topological polar surface area (TPSA) is 177 Å². The molecule has 0 saturated heterocycles. The fraction of sp³-hybridized carbons (Fsp3) is 0.444. The molecule has 0 bridgehead atoms. The molecule has 6 aromatic rings. The van der Waals surface area contributed by atoms with E-state index in [0.717, 1.165) is 45.1 Å².